The van der Waals surface area contributed by atoms with Gasteiger partial charge in [0.1, 0.15) is 6.04 Å². The Balaban J connectivity index is 2.32. The van der Waals surface area contributed by atoms with E-state index in [9.17, 15) is 4.79 Å². The van der Waals surface area contributed by atoms with Crippen molar-refractivity contribution >= 4 is 29.4 Å². The molecular weight excluding hydrogens is 244 g/mol. The van der Waals surface area contributed by atoms with Crippen LogP contribution in [0.1, 0.15) is 19.3 Å². The highest BCUT2D eigenvalue weighted by Crippen LogP contribution is 2.22. The molecule has 0 aromatic carbocycles. The van der Waals surface area contributed by atoms with Crippen LogP contribution in [0.25, 0.3) is 0 Å². The van der Waals surface area contributed by atoms with Gasteiger partial charge in [-0.2, -0.15) is 15.0 Å². The minimum absolute atomic E-state index is 0.0151. The third-order valence-electron chi connectivity index (χ3n) is 2.70. The van der Waals surface area contributed by atoms with Gasteiger partial charge < -0.3 is 16.4 Å². The molecule has 0 aliphatic carbocycles. The molecule has 1 saturated heterocycles. The third kappa shape index (κ3) is 2.55. The van der Waals surface area contributed by atoms with Crippen LogP contribution >= 0.6 is 11.6 Å². The number of carbonyl (C=O) groups excluding carboxylic acids is 1. The number of hydrogen-bond acceptors (Lipinski definition) is 6. The first kappa shape index (κ1) is 11.8. The second-order valence-corrected chi connectivity index (χ2v) is 4.21. The van der Waals surface area contributed by atoms with Gasteiger partial charge in [-0.1, -0.05) is 0 Å². The predicted octanol–water partition coefficient (Wildman–Crippen LogP) is -0.0486. The second kappa shape index (κ2) is 4.70. The summed E-state index contributed by atoms with van der Waals surface area (Å²) in [4.78, 5) is 24.7. The van der Waals surface area contributed by atoms with Crippen LogP contribution in [-0.2, 0) is 4.79 Å². The molecule has 1 unspecified atom stereocenters. The minimum atomic E-state index is -0.401. The van der Waals surface area contributed by atoms with Gasteiger partial charge in [-0.3, -0.25) is 4.79 Å². The molecule has 0 spiro atoms. The van der Waals surface area contributed by atoms with Gasteiger partial charge in [0.05, 0.1) is 0 Å². The highest BCUT2D eigenvalue weighted by molar-refractivity contribution is 6.28. The summed E-state index contributed by atoms with van der Waals surface area (Å²) in [6.45, 7) is 0.660. The number of halogens is 1. The largest absolute Gasteiger partial charge is 0.368 e. The maximum Gasteiger partial charge on any atom is 0.240 e. The van der Waals surface area contributed by atoms with Gasteiger partial charge in [0, 0.05) is 6.54 Å². The SMILES string of the molecule is NC(=O)C1CCCCN1c1nc(N)nc(Cl)n1. The Morgan fingerprint density at radius 2 is 2.12 bits per heavy atom. The molecule has 2 heterocycles. The molecule has 7 nitrogen and oxygen atoms in total. The molecule has 2 rings (SSSR count). The predicted molar refractivity (Wildman–Crippen MR) is 63.4 cm³/mol. The lowest BCUT2D eigenvalue weighted by Gasteiger charge is -2.33. The van der Waals surface area contributed by atoms with Crippen molar-refractivity contribution in [2.75, 3.05) is 17.2 Å². The molecule has 1 aromatic rings. The average molecular weight is 257 g/mol. The number of piperidine rings is 1. The van der Waals surface area contributed by atoms with Crippen molar-refractivity contribution < 1.29 is 4.79 Å². The number of hydrogen-bond donors (Lipinski definition) is 2. The van der Waals surface area contributed by atoms with E-state index in [4.69, 9.17) is 23.1 Å². The Hall–Kier alpha value is -1.63. The number of carbonyl (C=O) groups is 1. The molecule has 1 atom stereocenters. The molecule has 1 amide bonds. The molecule has 1 aromatic heterocycles. The quantitative estimate of drug-likeness (QED) is 0.768. The van der Waals surface area contributed by atoms with Gasteiger partial charge in [0.15, 0.2) is 0 Å². The number of rotatable bonds is 2. The van der Waals surface area contributed by atoms with Crippen molar-refractivity contribution in [3.8, 4) is 0 Å². The fraction of sp³-hybridized carbons (Fsp3) is 0.556. The molecular formula is C9H13ClN6O. The first-order chi connectivity index (χ1) is 8.08. The Morgan fingerprint density at radius 3 is 2.76 bits per heavy atom. The van der Waals surface area contributed by atoms with Crippen molar-refractivity contribution in [3.63, 3.8) is 0 Å². The normalized spacial score (nSPS) is 20.3. The smallest absolute Gasteiger partial charge is 0.240 e. The molecule has 1 aliphatic rings. The first-order valence-electron chi connectivity index (χ1n) is 5.31. The summed E-state index contributed by atoms with van der Waals surface area (Å²) in [6, 6.07) is -0.401. The van der Waals surface area contributed by atoms with Gasteiger partial charge in [-0.05, 0) is 30.9 Å². The molecule has 8 heteroatoms. The van der Waals surface area contributed by atoms with Crippen LogP contribution in [0.5, 0.6) is 0 Å². The lowest BCUT2D eigenvalue weighted by Crippen LogP contribution is -2.48. The zero-order valence-electron chi connectivity index (χ0n) is 9.14. The average Bonchev–Trinajstić information content (AvgIpc) is 2.27. The van der Waals surface area contributed by atoms with Gasteiger partial charge in [-0.25, -0.2) is 0 Å². The van der Waals surface area contributed by atoms with E-state index in [1.54, 1.807) is 4.90 Å². The van der Waals surface area contributed by atoms with E-state index in [1.165, 1.54) is 0 Å². The topological polar surface area (TPSA) is 111 Å². The summed E-state index contributed by atoms with van der Waals surface area (Å²) in [5.41, 5.74) is 10.9. The van der Waals surface area contributed by atoms with Crippen molar-refractivity contribution in [1.82, 2.24) is 15.0 Å². The van der Waals surface area contributed by atoms with Gasteiger partial charge in [-0.15, -0.1) is 0 Å². The van der Waals surface area contributed by atoms with E-state index >= 15 is 0 Å². The van der Waals surface area contributed by atoms with Crippen LogP contribution in [0.15, 0.2) is 0 Å². The van der Waals surface area contributed by atoms with Gasteiger partial charge in [0.25, 0.3) is 0 Å². The van der Waals surface area contributed by atoms with E-state index in [2.05, 4.69) is 15.0 Å². The van der Waals surface area contributed by atoms with Crippen LogP contribution in [-0.4, -0.2) is 33.4 Å². The maximum atomic E-state index is 11.4. The number of anilines is 2. The lowest BCUT2D eigenvalue weighted by molar-refractivity contribution is -0.119. The summed E-state index contributed by atoms with van der Waals surface area (Å²) in [7, 11) is 0. The molecule has 17 heavy (non-hydrogen) atoms. The highest BCUT2D eigenvalue weighted by Gasteiger charge is 2.29. The lowest BCUT2D eigenvalue weighted by atomic mass is 10.0. The Morgan fingerprint density at radius 1 is 1.35 bits per heavy atom. The second-order valence-electron chi connectivity index (χ2n) is 3.87. The van der Waals surface area contributed by atoms with E-state index in [0.717, 1.165) is 12.8 Å². The highest BCUT2D eigenvalue weighted by atomic mass is 35.5. The standard InChI is InChI=1S/C9H13ClN6O/c10-7-13-8(12)15-9(14-7)16-4-2-1-3-5(16)6(11)17/h5H,1-4H2,(H2,11,17)(H2,12,13,14,15). The van der Waals surface area contributed by atoms with Crippen LogP contribution in [0.4, 0.5) is 11.9 Å². The molecule has 0 bridgehead atoms. The summed E-state index contributed by atoms with van der Waals surface area (Å²) >= 11 is 5.71. The number of primary amides is 1. The van der Waals surface area contributed by atoms with Crippen LogP contribution < -0.4 is 16.4 Å². The Kier molecular flexibility index (Phi) is 3.28. The molecule has 0 radical (unpaired) electrons. The van der Waals surface area contributed by atoms with E-state index < -0.39 is 6.04 Å². The summed E-state index contributed by atoms with van der Waals surface area (Å²) < 4.78 is 0. The maximum absolute atomic E-state index is 11.4. The van der Waals surface area contributed by atoms with Crippen LogP contribution in [0.3, 0.4) is 0 Å². The molecule has 0 saturated carbocycles. The summed E-state index contributed by atoms with van der Waals surface area (Å²) in [5.74, 6) is -0.0420. The monoisotopic (exact) mass is 256 g/mol. The van der Waals surface area contributed by atoms with Crippen molar-refractivity contribution in [1.29, 1.82) is 0 Å². The van der Waals surface area contributed by atoms with Crippen molar-refractivity contribution in [3.05, 3.63) is 5.28 Å². The number of aromatic nitrogens is 3. The Bertz CT molecular complexity index is 419. The fourth-order valence-corrected chi connectivity index (χ4v) is 2.11. The molecule has 1 aliphatic heterocycles. The van der Waals surface area contributed by atoms with Crippen molar-refractivity contribution in [2.24, 2.45) is 5.73 Å². The number of amides is 1. The van der Waals surface area contributed by atoms with E-state index in [0.29, 0.717) is 18.9 Å². The number of nitrogens with zero attached hydrogens (tertiary/aromatic N) is 4. The van der Waals surface area contributed by atoms with Gasteiger partial charge in [0.2, 0.25) is 23.1 Å². The zero-order chi connectivity index (χ0) is 12.4. The molecule has 92 valence electrons. The first-order valence-corrected chi connectivity index (χ1v) is 5.69. The van der Waals surface area contributed by atoms with E-state index in [1.807, 2.05) is 0 Å². The molecule has 1 fully saturated rings. The van der Waals surface area contributed by atoms with Crippen molar-refractivity contribution in [2.45, 2.75) is 25.3 Å². The third-order valence-corrected chi connectivity index (χ3v) is 2.87. The van der Waals surface area contributed by atoms with Crippen LogP contribution in [0, 0.1) is 0 Å². The zero-order valence-corrected chi connectivity index (χ0v) is 9.89. The number of nitrogen functional groups attached to an aromatic ring is 1. The Labute approximate surface area is 103 Å². The van der Waals surface area contributed by atoms with Gasteiger partial charge >= 0.3 is 0 Å². The van der Waals surface area contributed by atoms with Crippen LogP contribution in [0.2, 0.25) is 5.28 Å². The van der Waals surface area contributed by atoms with E-state index in [-0.39, 0.29) is 17.1 Å². The minimum Gasteiger partial charge on any atom is -0.368 e. The fourth-order valence-electron chi connectivity index (χ4n) is 1.95. The summed E-state index contributed by atoms with van der Waals surface area (Å²) in [5, 5.41) is 0.0151. The number of nitrogens with two attached hydrogens (primary N) is 2. The molecule has 4 N–H and O–H groups in total. The summed E-state index contributed by atoms with van der Waals surface area (Å²) in [6.07, 6.45) is 2.60.